The Morgan fingerprint density at radius 1 is 1.21 bits per heavy atom. The fourth-order valence-electron chi connectivity index (χ4n) is 2.86. The molecule has 0 N–H and O–H groups in total. The third kappa shape index (κ3) is 4.19. The maximum Gasteiger partial charge on any atom is 0.296 e. The highest BCUT2D eigenvalue weighted by molar-refractivity contribution is 7.17. The number of terminal acetylenes is 1. The van der Waals surface area contributed by atoms with Crippen molar-refractivity contribution in [3.63, 3.8) is 0 Å². The third-order valence-corrected chi connectivity index (χ3v) is 5.21. The average Bonchev–Trinajstić information content (AvgIpc) is 3.27. The molecule has 1 aromatic heterocycles. The number of rotatable bonds is 5. The number of allylic oxidation sites excluding steroid dienone is 2. The molecule has 0 bridgehead atoms. The number of nitrogens with zero attached hydrogens (tertiary/aromatic N) is 4. The molecule has 5 nitrogen and oxygen atoms in total. The highest BCUT2D eigenvalue weighted by Gasteiger charge is 2.17. The van der Waals surface area contributed by atoms with Crippen molar-refractivity contribution in [2.45, 2.75) is 6.61 Å². The number of nitriles is 1. The predicted molar refractivity (Wildman–Crippen MR) is 114 cm³/mol. The standard InChI is InChI=1S/C23H16N4OS/c1-2-19-6-3-4-8-21(19)20-7-5-13-27(15-20)22-25-26-23(29-22)28-16-18-11-9-17(14-24)10-12-18/h1,3-13H,15-16H2/i7D. The molecule has 29 heavy (non-hydrogen) atoms. The van der Waals surface area contributed by atoms with Gasteiger partial charge in [0.2, 0.25) is 5.13 Å². The van der Waals surface area contributed by atoms with Gasteiger partial charge in [-0.25, -0.2) is 0 Å². The van der Waals surface area contributed by atoms with Gasteiger partial charge in [-0.15, -0.1) is 11.5 Å². The molecule has 4 rings (SSSR count). The van der Waals surface area contributed by atoms with Crippen molar-refractivity contribution in [2.75, 3.05) is 11.4 Å². The Morgan fingerprint density at radius 3 is 2.83 bits per heavy atom. The highest BCUT2D eigenvalue weighted by atomic mass is 32.1. The van der Waals surface area contributed by atoms with Crippen LogP contribution in [-0.4, -0.2) is 16.7 Å². The summed E-state index contributed by atoms with van der Waals surface area (Å²) in [5, 5.41) is 18.3. The van der Waals surface area contributed by atoms with Crippen LogP contribution in [0.2, 0.25) is 0 Å². The van der Waals surface area contributed by atoms with Crippen molar-refractivity contribution in [1.29, 1.82) is 5.26 Å². The van der Waals surface area contributed by atoms with E-state index >= 15 is 0 Å². The van der Waals surface area contributed by atoms with E-state index in [1.165, 1.54) is 11.3 Å². The lowest BCUT2D eigenvalue weighted by Gasteiger charge is -2.22. The molecule has 3 aromatic rings. The monoisotopic (exact) mass is 397 g/mol. The number of anilines is 1. The van der Waals surface area contributed by atoms with E-state index in [4.69, 9.17) is 17.8 Å². The van der Waals surface area contributed by atoms with Gasteiger partial charge in [0.1, 0.15) is 6.61 Å². The van der Waals surface area contributed by atoms with Gasteiger partial charge in [0, 0.05) is 11.8 Å². The van der Waals surface area contributed by atoms with Crippen LogP contribution in [0.4, 0.5) is 5.13 Å². The molecule has 2 aromatic carbocycles. The van der Waals surface area contributed by atoms with E-state index in [1.54, 1.807) is 18.2 Å². The largest absolute Gasteiger partial charge is 0.464 e. The zero-order chi connectivity index (χ0) is 20.9. The number of hydrogen-bond donors (Lipinski definition) is 0. The van der Waals surface area contributed by atoms with Gasteiger partial charge in [-0.2, -0.15) is 5.26 Å². The zero-order valence-electron chi connectivity index (χ0n) is 16.4. The first-order valence-corrected chi connectivity index (χ1v) is 9.65. The SMILES string of the molecule is [2H]C1=C(c2ccccc2C#C)CN(c2nnc(OCc3ccc(C#N)cc3)s2)C=C1. The van der Waals surface area contributed by atoms with Gasteiger partial charge >= 0.3 is 0 Å². The van der Waals surface area contributed by atoms with Crippen LogP contribution in [0.1, 0.15) is 23.6 Å². The first-order chi connectivity index (χ1) is 14.7. The first kappa shape index (κ1) is 17.2. The van der Waals surface area contributed by atoms with E-state index in [0.29, 0.717) is 35.1 Å². The zero-order valence-corrected chi connectivity index (χ0v) is 16.2. The summed E-state index contributed by atoms with van der Waals surface area (Å²) in [6, 6.07) is 17.3. The van der Waals surface area contributed by atoms with Crippen LogP contribution >= 0.6 is 11.3 Å². The summed E-state index contributed by atoms with van der Waals surface area (Å²) in [5.74, 6) is 2.69. The minimum Gasteiger partial charge on any atom is -0.464 e. The number of ether oxygens (including phenoxy) is 1. The van der Waals surface area contributed by atoms with Crippen LogP contribution in [0, 0.1) is 23.7 Å². The number of aromatic nitrogens is 2. The topological polar surface area (TPSA) is 62.0 Å². The summed E-state index contributed by atoms with van der Waals surface area (Å²) in [7, 11) is 0. The fourth-order valence-corrected chi connectivity index (χ4v) is 3.54. The molecule has 0 saturated heterocycles. The molecule has 2 heterocycles. The molecule has 0 radical (unpaired) electrons. The Bertz CT molecular complexity index is 1210. The van der Waals surface area contributed by atoms with E-state index in [9.17, 15) is 0 Å². The Hall–Kier alpha value is -3.87. The Kier molecular flexibility index (Phi) is 5.01. The molecule has 0 aliphatic carbocycles. The van der Waals surface area contributed by atoms with Crippen LogP contribution in [0.5, 0.6) is 5.19 Å². The maximum absolute atomic E-state index is 8.87. The van der Waals surface area contributed by atoms with Crippen molar-refractivity contribution in [3.05, 3.63) is 89.1 Å². The molecule has 1 aliphatic heterocycles. The molecule has 0 atom stereocenters. The minimum atomic E-state index is 0.341. The van der Waals surface area contributed by atoms with E-state index in [2.05, 4.69) is 22.2 Å². The lowest BCUT2D eigenvalue weighted by molar-refractivity contribution is 0.302. The average molecular weight is 397 g/mol. The summed E-state index contributed by atoms with van der Waals surface area (Å²) in [4.78, 5) is 1.92. The van der Waals surface area contributed by atoms with Gasteiger partial charge in [-0.3, -0.25) is 0 Å². The number of hydrogen-bond acceptors (Lipinski definition) is 6. The second-order valence-electron chi connectivity index (χ2n) is 6.20. The minimum absolute atomic E-state index is 0.341. The molecule has 0 saturated carbocycles. The molecule has 140 valence electrons. The van der Waals surface area contributed by atoms with E-state index < -0.39 is 0 Å². The van der Waals surface area contributed by atoms with Gasteiger partial charge < -0.3 is 9.64 Å². The highest BCUT2D eigenvalue weighted by Crippen LogP contribution is 2.31. The number of benzene rings is 2. The Labute approximate surface area is 174 Å². The van der Waals surface area contributed by atoms with Gasteiger partial charge in [-0.1, -0.05) is 47.4 Å². The van der Waals surface area contributed by atoms with Gasteiger partial charge in [-0.05, 0) is 52.3 Å². The molecule has 0 unspecified atom stereocenters. The van der Waals surface area contributed by atoms with E-state index in [-0.39, 0.29) is 0 Å². The van der Waals surface area contributed by atoms with Crippen molar-refractivity contribution in [3.8, 4) is 23.6 Å². The molecular formula is C23H16N4OS. The second-order valence-corrected chi connectivity index (χ2v) is 7.12. The van der Waals surface area contributed by atoms with Crippen molar-refractivity contribution in [1.82, 2.24) is 10.2 Å². The third-order valence-electron chi connectivity index (χ3n) is 4.34. The summed E-state index contributed by atoms with van der Waals surface area (Å²) in [5.41, 5.74) is 4.02. The first-order valence-electron chi connectivity index (χ1n) is 9.34. The van der Waals surface area contributed by atoms with Crippen molar-refractivity contribution in [2.24, 2.45) is 0 Å². The van der Waals surface area contributed by atoms with Crippen LogP contribution in [0.15, 0.2) is 66.9 Å². The van der Waals surface area contributed by atoms with Crippen molar-refractivity contribution < 1.29 is 6.11 Å². The van der Waals surface area contributed by atoms with Crippen molar-refractivity contribution >= 4 is 22.0 Å². The van der Waals surface area contributed by atoms with Crippen LogP contribution in [-0.2, 0) is 6.61 Å². The predicted octanol–water partition coefficient (Wildman–Crippen LogP) is 4.39. The Morgan fingerprint density at radius 2 is 2.03 bits per heavy atom. The maximum atomic E-state index is 8.87. The summed E-state index contributed by atoms with van der Waals surface area (Å²) in [6.45, 7) is 0.812. The van der Waals surface area contributed by atoms with Gasteiger partial charge in [0.25, 0.3) is 5.19 Å². The fraction of sp³-hybridized carbons (Fsp3) is 0.0870. The quantitative estimate of drug-likeness (QED) is 0.598. The molecule has 0 amide bonds. The molecule has 1 aliphatic rings. The van der Waals surface area contributed by atoms with Crippen LogP contribution < -0.4 is 9.64 Å². The molecule has 6 heteroatoms. The lowest BCUT2D eigenvalue weighted by atomic mass is 9.98. The van der Waals surface area contributed by atoms with Gasteiger partial charge in [0.15, 0.2) is 0 Å². The van der Waals surface area contributed by atoms with E-state index in [0.717, 1.165) is 22.3 Å². The van der Waals surface area contributed by atoms with Gasteiger partial charge in [0.05, 0.1) is 19.5 Å². The molecule has 0 spiro atoms. The molecular weight excluding hydrogens is 380 g/mol. The lowest BCUT2D eigenvalue weighted by Crippen LogP contribution is -2.21. The normalized spacial score (nSPS) is 13.6. The Balaban J connectivity index is 1.47. The van der Waals surface area contributed by atoms with E-state index in [1.807, 2.05) is 47.5 Å². The summed E-state index contributed by atoms with van der Waals surface area (Å²) >= 11 is 1.33. The smallest absolute Gasteiger partial charge is 0.296 e. The van der Waals surface area contributed by atoms with Crippen LogP contribution in [0.3, 0.4) is 0 Å². The second kappa shape index (κ2) is 8.43. The summed E-state index contributed by atoms with van der Waals surface area (Å²) < 4.78 is 14.0. The summed E-state index contributed by atoms with van der Waals surface area (Å²) in [6.07, 6.45) is 9.17. The van der Waals surface area contributed by atoms with Crippen LogP contribution in [0.25, 0.3) is 5.57 Å². The molecule has 0 fully saturated rings.